The second-order valence-corrected chi connectivity index (χ2v) is 11.6. The number of hydrogen-bond donors (Lipinski definition) is 0. The number of thiophene rings is 1. The molecule has 1 aliphatic heterocycles. The van der Waals surface area contributed by atoms with Gasteiger partial charge >= 0.3 is 0 Å². The van der Waals surface area contributed by atoms with Crippen LogP contribution in [0.2, 0.25) is 0 Å². The normalized spacial score (nSPS) is 20.6. The lowest BCUT2D eigenvalue weighted by atomic mass is 9.56. The second kappa shape index (κ2) is 11.2. The number of aliphatic imine (C=N–C) groups is 1. The molecule has 198 valence electrons. The minimum absolute atomic E-state index is 0.0243. The number of ketones is 1. The first-order valence-electron chi connectivity index (χ1n) is 13.8. The van der Waals surface area contributed by atoms with E-state index in [1.807, 2.05) is 12.1 Å². The van der Waals surface area contributed by atoms with Crippen molar-refractivity contribution in [3.8, 4) is 5.75 Å². The summed E-state index contributed by atoms with van der Waals surface area (Å²) < 4.78 is 5.69. The first-order valence-corrected chi connectivity index (χ1v) is 14.6. The zero-order chi connectivity index (χ0) is 26.7. The Labute approximate surface area is 235 Å². The topological polar surface area (TPSA) is 41.9 Å². The fourth-order valence-corrected chi connectivity index (χ4v) is 7.37. The highest BCUT2D eigenvalue weighted by Crippen LogP contribution is 2.52. The quantitative estimate of drug-likeness (QED) is 0.194. The molecule has 2 aliphatic rings. The van der Waals surface area contributed by atoms with E-state index in [4.69, 9.17) is 9.73 Å². The summed E-state index contributed by atoms with van der Waals surface area (Å²) in [5, 5.41) is 2.10. The van der Waals surface area contributed by atoms with E-state index in [1.54, 1.807) is 18.4 Å². The van der Waals surface area contributed by atoms with Crippen LogP contribution in [0.1, 0.15) is 34.4 Å². The Morgan fingerprint density at radius 1 is 0.923 bits per heavy atom. The van der Waals surface area contributed by atoms with Crippen molar-refractivity contribution in [2.24, 2.45) is 16.8 Å². The van der Waals surface area contributed by atoms with Gasteiger partial charge < -0.3 is 9.64 Å². The largest absolute Gasteiger partial charge is 0.496 e. The maximum absolute atomic E-state index is 13.5. The lowest BCUT2D eigenvalue weighted by Crippen LogP contribution is -2.47. The molecule has 0 amide bonds. The van der Waals surface area contributed by atoms with Gasteiger partial charge in [0.25, 0.3) is 0 Å². The Kier molecular flexibility index (Phi) is 7.34. The number of Topliss-reactive ketones (excluding diaryl/α,β-unsaturated/α-hetero) is 1. The zero-order valence-electron chi connectivity index (χ0n) is 22.3. The number of ether oxygens (including phenoxy) is 1. The molecule has 39 heavy (non-hydrogen) atoms. The fourth-order valence-electron chi connectivity index (χ4n) is 6.74. The van der Waals surface area contributed by atoms with Gasteiger partial charge in [-0.05, 0) is 35.1 Å². The van der Waals surface area contributed by atoms with Crippen LogP contribution < -0.4 is 4.74 Å². The van der Waals surface area contributed by atoms with E-state index in [1.165, 1.54) is 16.0 Å². The van der Waals surface area contributed by atoms with Crippen molar-refractivity contribution in [2.45, 2.75) is 31.2 Å². The van der Waals surface area contributed by atoms with Crippen LogP contribution in [0.5, 0.6) is 5.75 Å². The summed E-state index contributed by atoms with van der Waals surface area (Å²) in [6, 6.07) is 34.1. The SMILES string of the molecule is COc1ccccc1CC(=NCc1cccs1)N1C[C@@H]2C(=O)CCC(c3ccccc3)(c3ccccc3)[C@@H]2C1. The summed E-state index contributed by atoms with van der Waals surface area (Å²) >= 11 is 1.73. The number of methoxy groups -OCH3 is 1. The van der Waals surface area contributed by atoms with Crippen LogP contribution in [-0.4, -0.2) is 36.7 Å². The number of para-hydroxylation sites is 1. The predicted octanol–water partition coefficient (Wildman–Crippen LogP) is 6.80. The van der Waals surface area contributed by atoms with Gasteiger partial charge in [0.15, 0.2) is 0 Å². The highest BCUT2D eigenvalue weighted by atomic mass is 32.1. The number of rotatable bonds is 7. The standard InChI is InChI=1S/C34H34N2O2S/c1-38-32-17-9-8-11-25(32)21-33(35-22-28-16-10-20-39-28)36-23-29-30(24-36)34(19-18-31(29)37,26-12-4-2-5-13-26)27-14-6-3-7-15-27/h2-17,20,29-30H,18-19,21-24H2,1H3/t29-,30+/m0/s1. The Morgan fingerprint density at radius 2 is 1.62 bits per heavy atom. The molecule has 5 heteroatoms. The van der Waals surface area contributed by atoms with Crippen LogP contribution in [0.25, 0.3) is 0 Å². The van der Waals surface area contributed by atoms with Gasteiger partial charge in [0.2, 0.25) is 0 Å². The average Bonchev–Trinajstić information content (AvgIpc) is 3.68. The molecule has 3 aromatic carbocycles. The third-order valence-electron chi connectivity index (χ3n) is 8.61. The first-order chi connectivity index (χ1) is 19.2. The summed E-state index contributed by atoms with van der Waals surface area (Å²) in [7, 11) is 1.72. The van der Waals surface area contributed by atoms with Crippen LogP contribution >= 0.6 is 11.3 Å². The molecule has 0 N–H and O–H groups in total. The van der Waals surface area contributed by atoms with Crippen molar-refractivity contribution >= 4 is 23.0 Å². The lowest BCUT2D eigenvalue weighted by molar-refractivity contribution is -0.126. The maximum atomic E-state index is 13.5. The molecule has 1 aliphatic carbocycles. The molecule has 1 saturated carbocycles. The van der Waals surface area contributed by atoms with Crippen molar-refractivity contribution < 1.29 is 9.53 Å². The van der Waals surface area contributed by atoms with Crippen molar-refractivity contribution in [2.75, 3.05) is 20.2 Å². The number of benzene rings is 3. The van der Waals surface area contributed by atoms with Gasteiger partial charge in [-0.25, -0.2) is 0 Å². The van der Waals surface area contributed by atoms with E-state index in [-0.39, 0.29) is 17.3 Å². The van der Waals surface area contributed by atoms with Gasteiger partial charge in [-0.15, -0.1) is 11.3 Å². The molecule has 0 radical (unpaired) electrons. The zero-order valence-corrected chi connectivity index (χ0v) is 23.1. The van der Waals surface area contributed by atoms with Gasteiger partial charge in [0, 0.05) is 53.6 Å². The number of hydrogen-bond acceptors (Lipinski definition) is 4. The highest BCUT2D eigenvalue weighted by molar-refractivity contribution is 7.09. The van der Waals surface area contributed by atoms with Gasteiger partial charge in [-0.3, -0.25) is 9.79 Å². The minimum atomic E-state index is -0.209. The van der Waals surface area contributed by atoms with Crippen LogP contribution in [0, 0.1) is 11.8 Å². The van der Waals surface area contributed by atoms with E-state index >= 15 is 0 Å². The predicted molar refractivity (Wildman–Crippen MR) is 159 cm³/mol. The number of carbonyl (C=O) groups is 1. The van der Waals surface area contributed by atoms with E-state index < -0.39 is 0 Å². The highest BCUT2D eigenvalue weighted by Gasteiger charge is 2.54. The van der Waals surface area contributed by atoms with Crippen molar-refractivity contribution in [3.05, 3.63) is 124 Å². The summed E-state index contributed by atoms with van der Waals surface area (Å²) in [4.78, 5) is 22.3. The van der Waals surface area contributed by atoms with E-state index in [9.17, 15) is 4.79 Å². The number of carbonyl (C=O) groups excluding carboxylic acids is 1. The molecule has 1 aromatic heterocycles. The van der Waals surface area contributed by atoms with E-state index in [0.29, 0.717) is 31.7 Å². The van der Waals surface area contributed by atoms with Gasteiger partial charge in [-0.1, -0.05) is 84.9 Å². The van der Waals surface area contributed by atoms with Crippen LogP contribution in [0.15, 0.2) is 107 Å². The Bertz CT molecular complexity index is 1390. The second-order valence-electron chi connectivity index (χ2n) is 10.6. The molecule has 0 bridgehead atoms. The molecule has 1 saturated heterocycles. The molecule has 2 fully saturated rings. The van der Waals surface area contributed by atoms with Gasteiger partial charge in [0.05, 0.1) is 13.7 Å². The third kappa shape index (κ3) is 4.92. The molecular weight excluding hydrogens is 500 g/mol. The van der Waals surface area contributed by atoms with Gasteiger partial charge in [-0.2, -0.15) is 0 Å². The fraction of sp³-hybridized carbons (Fsp3) is 0.294. The Hall–Kier alpha value is -3.70. The monoisotopic (exact) mass is 534 g/mol. The number of nitrogens with zero attached hydrogens (tertiary/aromatic N) is 2. The van der Waals surface area contributed by atoms with E-state index in [0.717, 1.165) is 30.1 Å². The molecule has 0 unspecified atom stereocenters. The van der Waals surface area contributed by atoms with E-state index in [2.05, 4.69) is 95.2 Å². The number of likely N-dealkylation sites (tertiary alicyclic amines) is 1. The molecule has 2 atom stereocenters. The average molecular weight is 535 g/mol. The number of amidine groups is 1. The molecular formula is C34H34N2O2S. The van der Waals surface area contributed by atoms with Crippen LogP contribution in [0.3, 0.4) is 0 Å². The third-order valence-corrected chi connectivity index (χ3v) is 9.47. The van der Waals surface area contributed by atoms with Crippen molar-refractivity contribution in [3.63, 3.8) is 0 Å². The summed E-state index contributed by atoms with van der Waals surface area (Å²) in [5.41, 5.74) is 3.52. The lowest BCUT2D eigenvalue weighted by Gasteiger charge is -2.45. The smallest absolute Gasteiger partial charge is 0.138 e. The molecule has 0 spiro atoms. The Morgan fingerprint density at radius 3 is 2.28 bits per heavy atom. The maximum Gasteiger partial charge on any atom is 0.138 e. The van der Waals surface area contributed by atoms with Crippen molar-refractivity contribution in [1.82, 2.24) is 4.90 Å². The van der Waals surface area contributed by atoms with Crippen LogP contribution in [0.4, 0.5) is 0 Å². The minimum Gasteiger partial charge on any atom is -0.496 e. The molecule has 4 nitrogen and oxygen atoms in total. The van der Waals surface area contributed by atoms with Gasteiger partial charge in [0.1, 0.15) is 17.4 Å². The summed E-state index contributed by atoms with van der Waals surface area (Å²) in [6.07, 6.45) is 2.11. The molecule has 2 heterocycles. The number of fused-ring (bicyclic) bond motifs is 1. The first kappa shape index (κ1) is 25.6. The summed E-state index contributed by atoms with van der Waals surface area (Å²) in [5.74, 6) is 2.44. The summed E-state index contributed by atoms with van der Waals surface area (Å²) in [6.45, 7) is 2.16. The van der Waals surface area contributed by atoms with Crippen molar-refractivity contribution in [1.29, 1.82) is 0 Å². The van der Waals surface area contributed by atoms with Crippen LogP contribution in [-0.2, 0) is 23.2 Å². The Balaban J connectivity index is 1.40. The molecule has 4 aromatic rings. The molecule has 6 rings (SSSR count).